The van der Waals surface area contributed by atoms with Crippen molar-refractivity contribution in [2.24, 2.45) is 23.5 Å². The molecule has 0 aliphatic carbocycles. The van der Waals surface area contributed by atoms with Crippen molar-refractivity contribution in [2.75, 3.05) is 41.3 Å². The largest absolute Gasteiger partial charge is 0.459 e. The van der Waals surface area contributed by atoms with Gasteiger partial charge in [0.05, 0.1) is 35.9 Å². The lowest BCUT2D eigenvalue weighted by Crippen LogP contribution is -2.69. The van der Waals surface area contributed by atoms with Crippen molar-refractivity contribution in [3.63, 3.8) is 0 Å². The molecule has 3 heterocycles. The molecule has 0 radical (unpaired) electrons. The molecule has 3 rings (SSSR count). The van der Waals surface area contributed by atoms with Gasteiger partial charge < -0.3 is 69.5 Å². The number of nitrogens with two attached hydrogens (primary N) is 1. The highest BCUT2D eigenvalue weighted by Gasteiger charge is 2.58. The SMILES string of the molecule is CC[C@H]1OC(=O)[C@H](C)[C@@H](O[C@H]2C[C@@](C)(OC)[C@@](O)(CN)[C@H](C)O2)[C@H](C)[C@@H](O[C@@H]2O[C@H](C)C[C@H](N(C)C)[C@H]2O)[C@@](C)(O)C[C@@H](C)CN(C)[C@H](C)[C@@H](O)[C@]1(C)O. The summed E-state index contributed by atoms with van der Waals surface area (Å²) in [5.41, 5.74) is -0.103. The van der Waals surface area contributed by atoms with E-state index in [1.54, 1.807) is 41.5 Å². The Morgan fingerprint density at radius 2 is 1.59 bits per heavy atom. The molecule has 7 N–H and O–H groups in total. The zero-order chi connectivity index (χ0) is 41.3. The number of hydrogen-bond donors (Lipinski definition) is 6. The minimum Gasteiger partial charge on any atom is -0.459 e. The van der Waals surface area contributed by atoms with E-state index in [-0.39, 0.29) is 43.9 Å². The quantitative estimate of drug-likeness (QED) is 0.192. The van der Waals surface area contributed by atoms with Gasteiger partial charge in [0.25, 0.3) is 0 Å². The number of cyclic esters (lactones) is 1. The first-order valence-corrected chi connectivity index (χ1v) is 19.8. The van der Waals surface area contributed by atoms with Gasteiger partial charge in [-0.3, -0.25) is 4.79 Å². The predicted molar refractivity (Wildman–Crippen MR) is 202 cm³/mol. The zero-order valence-corrected chi connectivity index (χ0v) is 35.4. The smallest absolute Gasteiger partial charge is 0.311 e. The number of aliphatic hydroxyl groups excluding tert-OH is 2. The number of esters is 1. The van der Waals surface area contributed by atoms with Crippen LogP contribution in [0.2, 0.25) is 0 Å². The Kier molecular flexibility index (Phi) is 16.0. The maximum Gasteiger partial charge on any atom is 0.311 e. The Balaban J connectivity index is 2.20. The van der Waals surface area contributed by atoms with E-state index in [0.717, 1.165) is 0 Å². The Bertz CT molecular complexity index is 1210. The molecule has 3 fully saturated rings. The van der Waals surface area contributed by atoms with Crippen LogP contribution in [0.25, 0.3) is 0 Å². The topological polar surface area (TPSA) is 206 Å². The molecule has 0 saturated carbocycles. The van der Waals surface area contributed by atoms with Crippen molar-refractivity contribution in [2.45, 2.75) is 185 Å². The molecule has 3 aliphatic heterocycles. The fourth-order valence-corrected chi connectivity index (χ4v) is 9.18. The number of carbonyl (C=O) groups is 1. The van der Waals surface area contributed by atoms with E-state index in [1.165, 1.54) is 14.0 Å². The molecular formula is C39H75N3O12. The van der Waals surface area contributed by atoms with Crippen LogP contribution in [-0.2, 0) is 33.2 Å². The number of hydrogen-bond acceptors (Lipinski definition) is 15. The van der Waals surface area contributed by atoms with Gasteiger partial charge in [-0.15, -0.1) is 0 Å². The molecule has 54 heavy (non-hydrogen) atoms. The highest BCUT2D eigenvalue weighted by atomic mass is 16.7. The molecule has 318 valence electrons. The summed E-state index contributed by atoms with van der Waals surface area (Å²) < 4.78 is 37.9. The van der Waals surface area contributed by atoms with Gasteiger partial charge in [-0.1, -0.05) is 20.8 Å². The average molecular weight is 778 g/mol. The van der Waals surface area contributed by atoms with E-state index < -0.39 is 95.5 Å². The van der Waals surface area contributed by atoms with Gasteiger partial charge >= 0.3 is 5.97 Å². The summed E-state index contributed by atoms with van der Waals surface area (Å²) in [6, 6.07) is -0.834. The summed E-state index contributed by atoms with van der Waals surface area (Å²) >= 11 is 0. The van der Waals surface area contributed by atoms with Crippen molar-refractivity contribution in [3.8, 4) is 0 Å². The third kappa shape index (κ3) is 9.79. The summed E-state index contributed by atoms with van der Waals surface area (Å²) in [4.78, 5) is 18.1. The predicted octanol–water partition coefficient (Wildman–Crippen LogP) is 1.23. The third-order valence-electron chi connectivity index (χ3n) is 13.0. The highest BCUT2D eigenvalue weighted by Crippen LogP contribution is 2.43. The number of likely N-dealkylation sites (N-methyl/N-ethyl adjacent to an activating group) is 2. The molecule has 15 nitrogen and oxygen atoms in total. The first kappa shape index (κ1) is 47.3. The Labute approximate surface area is 323 Å². The van der Waals surface area contributed by atoms with Crippen molar-refractivity contribution in [1.29, 1.82) is 0 Å². The van der Waals surface area contributed by atoms with E-state index in [0.29, 0.717) is 13.0 Å². The van der Waals surface area contributed by atoms with Crippen LogP contribution in [0.3, 0.4) is 0 Å². The number of methoxy groups -OCH3 is 1. The van der Waals surface area contributed by atoms with Crippen LogP contribution < -0.4 is 5.73 Å². The second-order valence-corrected chi connectivity index (χ2v) is 17.7. The Morgan fingerprint density at radius 3 is 2.13 bits per heavy atom. The van der Waals surface area contributed by atoms with E-state index in [1.807, 2.05) is 51.7 Å². The van der Waals surface area contributed by atoms with E-state index >= 15 is 0 Å². The molecule has 18 atom stereocenters. The van der Waals surface area contributed by atoms with E-state index in [9.17, 15) is 30.3 Å². The standard InChI is InChI=1S/C39H75N3O12/c1-15-28-38(10,47)32(44)25(6)42(13)19-21(2)17-36(8,46)33(54-35-30(43)27(41(11)12)16-22(3)50-35)23(4)31(24(5)34(45)52-28)53-29-18-37(9,49-14)39(48,20-40)26(7)51-29/h21-33,35,43-44,46-48H,15-20,40H2,1-14H3/t21-,22-,23+,24-,25-,26+,27+,28-,29+,30-,31+,32-,33-,35+,36+,37-,38-,39-/m1/s1. The van der Waals surface area contributed by atoms with E-state index in [2.05, 4.69) is 0 Å². The lowest BCUT2D eigenvalue weighted by atomic mass is 9.75. The molecule has 0 unspecified atom stereocenters. The summed E-state index contributed by atoms with van der Waals surface area (Å²) in [7, 11) is 7.07. The van der Waals surface area contributed by atoms with Crippen molar-refractivity contribution < 1.29 is 58.7 Å². The van der Waals surface area contributed by atoms with Crippen molar-refractivity contribution >= 4 is 5.97 Å². The molecule has 3 aliphatic rings. The second kappa shape index (κ2) is 18.3. The normalized spacial score (nSPS) is 49.6. The maximum absolute atomic E-state index is 14.3. The van der Waals surface area contributed by atoms with Gasteiger partial charge in [-0.2, -0.15) is 0 Å². The van der Waals surface area contributed by atoms with Gasteiger partial charge in [-0.05, 0) is 94.8 Å². The average Bonchev–Trinajstić information content (AvgIpc) is 3.09. The van der Waals surface area contributed by atoms with Crippen LogP contribution in [0, 0.1) is 17.8 Å². The van der Waals surface area contributed by atoms with Crippen LogP contribution in [0.5, 0.6) is 0 Å². The number of carbonyl (C=O) groups excluding carboxylic acids is 1. The molecule has 0 bridgehead atoms. The van der Waals surface area contributed by atoms with Crippen LogP contribution in [0.15, 0.2) is 0 Å². The Morgan fingerprint density at radius 1 is 0.981 bits per heavy atom. The van der Waals surface area contributed by atoms with Gasteiger partial charge in [0.15, 0.2) is 12.6 Å². The minimum atomic E-state index is -1.82. The van der Waals surface area contributed by atoms with Crippen molar-refractivity contribution in [3.05, 3.63) is 0 Å². The van der Waals surface area contributed by atoms with E-state index in [4.69, 9.17) is 34.2 Å². The first-order chi connectivity index (χ1) is 24.8. The summed E-state index contributed by atoms with van der Waals surface area (Å²) in [5.74, 6) is -2.69. The van der Waals surface area contributed by atoms with Crippen LogP contribution >= 0.6 is 0 Å². The van der Waals surface area contributed by atoms with Gasteiger partial charge in [0, 0.05) is 44.6 Å². The molecule has 0 aromatic heterocycles. The minimum absolute atomic E-state index is 0.0423. The third-order valence-corrected chi connectivity index (χ3v) is 13.0. The lowest BCUT2D eigenvalue weighted by Gasteiger charge is -2.53. The summed E-state index contributed by atoms with van der Waals surface area (Å²) in [5, 5.41) is 58.9. The number of rotatable bonds is 8. The molecule has 0 aromatic carbocycles. The lowest BCUT2D eigenvalue weighted by molar-refractivity contribution is -0.335. The molecule has 0 aromatic rings. The number of ether oxygens (including phenoxy) is 6. The van der Waals surface area contributed by atoms with Crippen LogP contribution in [-0.4, -0.2) is 172 Å². The van der Waals surface area contributed by atoms with Gasteiger partial charge in [-0.25, -0.2) is 0 Å². The zero-order valence-electron chi connectivity index (χ0n) is 35.4. The number of nitrogens with zero attached hydrogens (tertiary/aromatic N) is 2. The van der Waals surface area contributed by atoms with Crippen LogP contribution in [0.4, 0.5) is 0 Å². The summed E-state index contributed by atoms with van der Waals surface area (Å²) in [6.07, 6.45) is -7.77. The molecule has 15 heteroatoms. The Hall–Kier alpha value is -1.05. The first-order valence-electron chi connectivity index (χ1n) is 19.8. The van der Waals surface area contributed by atoms with Gasteiger partial charge in [0.1, 0.15) is 35.1 Å². The molecule has 0 spiro atoms. The second-order valence-electron chi connectivity index (χ2n) is 17.7. The van der Waals surface area contributed by atoms with Crippen LogP contribution in [0.1, 0.15) is 94.9 Å². The molecular weight excluding hydrogens is 702 g/mol. The molecule has 3 saturated heterocycles. The fraction of sp³-hybridized carbons (Fsp3) is 0.974. The summed E-state index contributed by atoms with van der Waals surface area (Å²) in [6.45, 7) is 17.7. The monoisotopic (exact) mass is 778 g/mol. The fourth-order valence-electron chi connectivity index (χ4n) is 9.18. The number of aliphatic hydroxyl groups is 5. The van der Waals surface area contributed by atoms with Gasteiger partial charge in [0.2, 0.25) is 0 Å². The van der Waals surface area contributed by atoms with Crippen molar-refractivity contribution in [1.82, 2.24) is 9.80 Å². The maximum atomic E-state index is 14.3. The highest BCUT2D eigenvalue weighted by molar-refractivity contribution is 5.73. The molecule has 0 amide bonds.